The molecule has 0 aromatic carbocycles. The van der Waals surface area contributed by atoms with Crippen molar-refractivity contribution < 1.29 is 4.74 Å². The summed E-state index contributed by atoms with van der Waals surface area (Å²) in [7, 11) is 0. The fraction of sp³-hybridized carbons (Fsp3) is 1.00. The van der Waals surface area contributed by atoms with Gasteiger partial charge in [-0.3, -0.25) is 4.90 Å². The molecule has 0 radical (unpaired) electrons. The van der Waals surface area contributed by atoms with Crippen molar-refractivity contribution in [1.29, 1.82) is 0 Å². The van der Waals surface area contributed by atoms with Gasteiger partial charge < -0.3 is 10.1 Å². The van der Waals surface area contributed by atoms with Gasteiger partial charge in [-0.2, -0.15) is 0 Å². The Balaban J connectivity index is 2.56. The van der Waals surface area contributed by atoms with Crippen molar-refractivity contribution in [3.05, 3.63) is 0 Å². The second kappa shape index (κ2) is 7.61. The number of hydrogen-bond acceptors (Lipinski definition) is 3. The highest BCUT2D eigenvalue weighted by Crippen LogP contribution is 2.22. The quantitative estimate of drug-likeness (QED) is 0.770. The minimum atomic E-state index is -0.0115. The summed E-state index contributed by atoms with van der Waals surface area (Å²) in [6, 6.07) is 0.603. The first-order valence-electron chi connectivity index (χ1n) is 8.01. The van der Waals surface area contributed by atoms with Crippen LogP contribution in [0.5, 0.6) is 0 Å². The second-order valence-electron chi connectivity index (χ2n) is 6.83. The molecule has 1 aliphatic heterocycles. The van der Waals surface area contributed by atoms with Gasteiger partial charge in [0, 0.05) is 25.7 Å². The molecule has 114 valence electrons. The largest absolute Gasteiger partial charge is 0.370 e. The average Bonchev–Trinajstić information content (AvgIpc) is 2.30. The van der Waals surface area contributed by atoms with Gasteiger partial charge in [-0.05, 0) is 39.7 Å². The van der Waals surface area contributed by atoms with Crippen LogP contribution in [0.1, 0.15) is 54.4 Å². The summed E-state index contributed by atoms with van der Waals surface area (Å²) in [5, 5.41) is 3.73. The summed E-state index contributed by atoms with van der Waals surface area (Å²) in [6.45, 7) is 17.8. The van der Waals surface area contributed by atoms with Crippen LogP contribution in [0.15, 0.2) is 0 Å². The zero-order chi connectivity index (χ0) is 14.5. The van der Waals surface area contributed by atoms with Crippen molar-refractivity contribution >= 4 is 0 Å². The molecule has 0 aromatic heterocycles. The van der Waals surface area contributed by atoms with Crippen LogP contribution in [0.3, 0.4) is 0 Å². The predicted molar refractivity (Wildman–Crippen MR) is 82.6 cm³/mol. The van der Waals surface area contributed by atoms with Gasteiger partial charge in [0.2, 0.25) is 0 Å². The third-order valence-corrected chi connectivity index (χ3v) is 4.08. The van der Waals surface area contributed by atoms with Crippen molar-refractivity contribution in [3.63, 3.8) is 0 Å². The van der Waals surface area contributed by atoms with E-state index in [0.29, 0.717) is 12.1 Å². The Kier molecular flexibility index (Phi) is 6.78. The lowest BCUT2D eigenvalue weighted by Gasteiger charge is -2.43. The smallest absolute Gasteiger partial charge is 0.0757 e. The molecule has 0 aliphatic carbocycles. The lowest BCUT2D eigenvalue weighted by atomic mass is 9.97. The average molecular weight is 270 g/mol. The zero-order valence-corrected chi connectivity index (χ0v) is 13.8. The third-order valence-electron chi connectivity index (χ3n) is 4.08. The predicted octanol–water partition coefficient (Wildman–Crippen LogP) is 2.90. The van der Waals surface area contributed by atoms with E-state index in [1.165, 1.54) is 12.8 Å². The molecule has 3 nitrogen and oxygen atoms in total. The molecule has 1 aliphatic rings. The van der Waals surface area contributed by atoms with Gasteiger partial charge in [-0.15, -0.1) is 0 Å². The van der Waals surface area contributed by atoms with Gasteiger partial charge in [-0.25, -0.2) is 0 Å². The SMILES string of the molecule is CCCNC(CN1CC(C)OC(C)(C)C1)C(C)CC. The van der Waals surface area contributed by atoms with Crippen LogP contribution in [-0.4, -0.2) is 48.8 Å². The molecule has 1 saturated heterocycles. The van der Waals surface area contributed by atoms with Crippen LogP contribution < -0.4 is 5.32 Å². The molecule has 19 heavy (non-hydrogen) atoms. The Bertz CT molecular complexity index is 255. The normalized spacial score (nSPS) is 27.2. The molecule has 1 heterocycles. The topological polar surface area (TPSA) is 24.5 Å². The summed E-state index contributed by atoms with van der Waals surface area (Å²) in [4.78, 5) is 2.58. The Labute approximate surface area is 120 Å². The summed E-state index contributed by atoms with van der Waals surface area (Å²) in [6.07, 6.45) is 2.79. The Morgan fingerprint density at radius 2 is 2.05 bits per heavy atom. The summed E-state index contributed by atoms with van der Waals surface area (Å²) in [5.74, 6) is 0.729. The van der Waals surface area contributed by atoms with Gasteiger partial charge in [0.05, 0.1) is 11.7 Å². The summed E-state index contributed by atoms with van der Waals surface area (Å²) < 4.78 is 5.99. The standard InChI is InChI=1S/C16H34N2O/c1-7-9-17-15(13(3)8-2)11-18-10-14(4)19-16(5,6)12-18/h13-15,17H,7-12H2,1-6H3. The molecule has 3 heteroatoms. The molecule has 1 N–H and O–H groups in total. The number of hydrogen-bond donors (Lipinski definition) is 1. The summed E-state index contributed by atoms with van der Waals surface area (Å²) in [5.41, 5.74) is -0.0115. The van der Waals surface area contributed by atoms with Crippen molar-refractivity contribution in [1.82, 2.24) is 10.2 Å². The Hall–Kier alpha value is -0.120. The van der Waals surface area contributed by atoms with Crippen molar-refractivity contribution in [2.24, 2.45) is 5.92 Å². The minimum absolute atomic E-state index is 0.0115. The van der Waals surface area contributed by atoms with Crippen molar-refractivity contribution in [2.75, 3.05) is 26.2 Å². The number of nitrogens with one attached hydrogen (secondary N) is 1. The number of morpholine rings is 1. The van der Waals surface area contributed by atoms with Crippen molar-refractivity contribution in [2.45, 2.75) is 72.1 Å². The van der Waals surface area contributed by atoms with Crippen LogP contribution in [0.2, 0.25) is 0 Å². The van der Waals surface area contributed by atoms with Gasteiger partial charge in [0.25, 0.3) is 0 Å². The fourth-order valence-electron chi connectivity index (χ4n) is 3.06. The van der Waals surface area contributed by atoms with E-state index in [9.17, 15) is 0 Å². The maximum absolute atomic E-state index is 5.99. The first-order chi connectivity index (χ1) is 8.88. The third kappa shape index (κ3) is 5.80. The second-order valence-corrected chi connectivity index (χ2v) is 6.83. The maximum Gasteiger partial charge on any atom is 0.0757 e. The van der Waals surface area contributed by atoms with Gasteiger partial charge in [0.1, 0.15) is 0 Å². The van der Waals surface area contributed by atoms with E-state index in [2.05, 4.69) is 51.8 Å². The van der Waals surface area contributed by atoms with Crippen LogP contribution in [0, 0.1) is 5.92 Å². The molecule has 1 rings (SSSR count). The molecule has 0 spiro atoms. The van der Waals surface area contributed by atoms with E-state index in [4.69, 9.17) is 4.74 Å². The van der Waals surface area contributed by atoms with E-state index in [0.717, 1.165) is 32.1 Å². The van der Waals surface area contributed by atoms with E-state index in [1.807, 2.05) is 0 Å². The first kappa shape index (κ1) is 16.9. The van der Waals surface area contributed by atoms with Crippen LogP contribution in [0.4, 0.5) is 0 Å². The lowest BCUT2D eigenvalue weighted by Crippen LogP contribution is -2.56. The zero-order valence-electron chi connectivity index (χ0n) is 13.8. The maximum atomic E-state index is 5.99. The molecule has 3 unspecified atom stereocenters. The van der Waals surface area contributed by atoms with E-state index >= 15 is 0 Å². The molecule has 0 amide bonds. The van der Waals surface area contributed by atoms with Crippen LogP contribution >= 0.6 is 0 Å². The Morgan fingerprint density at radius 1 is 1.37 bits per heavy atom. The number of rotatable bonds is 7. The van der Waals surface area contributed by atoms with Crippen molar-refractivity contribution in [3.8, 4) is 0 Å². The van der Waals surface area contributed by atoms with E-state index < -0.39 is 0 Å². The molecular weight excluding hydrogens is 236 g/mol. The minimum Gasteiger partial charge on any atom is -0.370 e. The highest BCUT2D eigenvalue weighted by Gasteiger charge is 2.32. The molecule has 3 atom stereocenters. The number of ether oxygens (including phenoxy) is 1. The monoisotopic (exact) mass is 270 g/mol. The van der Waals surface area contributed by atoms with Gasteiger partial charge >= 0.3 is 0 Å². The molecule has 0 aromatic rings. The fourth-order valence-corrected chi connectivity index (χ4v) is 3.06. The lowest BCUT2D eigenvalue weighted by molar-refractivity contribution is -0.130. The van der Waals surface area contributed by atoms with Gasteiger partial charge in [0.15, 0.2) is 0 Å². The highest BCUT2D eigenvalue weighted by molar-refractivity contribution is 4.86. The van der Waals surface area contributed by atoms with Crippen LogP contribution in [0.25, 0.3) is 0 Å². The van der Waals surface area contributed by atoms with Gasteiger partial charge in [-0.1, -0.05) is 27.2 Å². The molecule has 0 saturated carbocycles. The molecule has 0 bridgehead atoms. The van der Waals surface area contributed by atoms with E-state index in [1.54, 1.807) is 0 Å². The Morgan fingerprint density at radius 3 is 2.58 bits per heavy atom. The molecule has 1 fully saturated rings. The summed E-state index contributed by atoms with van der Waals surface area (Å²) >= 11 is 0. The van der Waals surface area contributed by atoms with Crippen LogP contribution in [-0.2, 0) is 4.74 Å². The first-order valence-corrected chi connectivity index (χ1v) is 8.01. The molecular formula is C16H34N2O. The van der Waals surface area contributed by atoms with E-state index in [-0.39, 0.29) is 5.60 Å². The number of nitrogens with zero attached hydrogens (tertiary/aromatic N) is 1. The highest BCUT2D eigenvalue weighted by atomic mass is 16.5.